The summed E-state index contributed by atoms with van der Waals surface area (Å²) in [6.45, 7) is 4.17. The number of rotatable bonds is 4. The predicted molar refractivity (Wildman–Crippen MR) is 105 cm³/mol. The smallest absolute Gasteiger partial charge is 0.236 e. The van der Waals surface area contributed by atoms with E-state index in [1.807, 2.05) is 23.1 Å². The molecular formula is C21H29ClN2O3. The van der Waals surface area contributed by atoms with Gasteiger partial charge in [-0.3, -0.25) is 9.69 Å². The van der Waals surface area contributed by atoms with Gasteiger partial charge in [-0.15, -0.1) is 0 Å². The molecule has 4 rings (SSSR count). The minimum Gasteiger partial charge on any atom is -0.488 e. The van der Waals surface area contributed by atoms with Crippen LogP contribution in [0.2, 0.25) is 5.02 Å². The van der Waals surface area contributed by atoms with Crippen molar-refractivity contribution in [2.45, 2.75) is 44.3 Å². The Kier molecular flexibility index (Phi) is 5.90. The number of aliphatic hydroxyl groups excluding tert-OH is 1. The Labute approximate surface area is 166 Å². The van der Waals surface area contributed by atoms with Crippen LogP contribution in [-0.2, 0) is 4.79 Å². The third-order valence-corrected chi connectivity index (χ3v) is 6.55. The second kappa shape index (κ2) is 8.38. The zero-order chi connectivity index (χ0) is 18.8. The summed E-state index contributed by atoms with van der Waals surface area (Å²) in [5, 5.41) is 11.2. The van der Waals surface area contributed by atoms with Crippen LogP contribution in [-0.4, -0.2) is 65.7 Å². The minimum atomic E-state index is -0.469. The molecule has 0 radical (unpaired) electrons. The zero-order valence-corrected chi connectivity index (χ0v) is 16.5. The van der Waals surface area contributed by atoms with Crippen LogP contribution in [0.3, 0.4) is 0 Å². The van der Waals surface area contributed by atoms with E-state index >= 15 is 0 Å². The molecule has 2 heterocycles. The van der Waals surface area contributed by atoms with E-state index in [9.17, 15) is 9.90 Å². The van der Waals surface area contributed by atoms with Crippen molar-refractivity contribution < 1.29 is 14.6 Å². The van der Waals surface area contributed by atoms with Gasteiger partial charge in [0.15, 0.2) is 0 Å². The van der Waals surface area contributed by atoms with Crippen LogP contribution in [0.25, 0.3) is 0 Å². The molecule has 1 saturated carbocycles. The molecule has 148 valence electrons. The molecule has 27 heavy (non-hydrogen) atoms. The number of carbonyl (C=O) groups is 1. The third kappa shape index (κ3) is 4.58. The maximum absolute atomic E-state index is 12.6. The summed E-state index contributed by atoms with van der Waals surface area (Å²) < 4.78 is 6.04. The SMILES string of the molecule is O=C(CN1C[C@H]2C[C@@H](Oc3cccc(Cl)c3)[C@H](O)C[C@H]2C1)N1CCCCC1. The topological polar surface area (TPSA) is 53.0 Å². The number of halogens is 1. The number of hydrogen-bond acceptors (Lipinski definition) is 4. The van der Waals surface area contributed by atoms with E-state index in [1.165, 1.54) is 6.42 Å². The van der Waals surface area contributed by atoms with Crippen molar-refractivity contribution in [3.63, 3.8) is 0 Å². The van der Waals surface area contributed by atoms with E-state index in [0.717, 1.165) is 51.9 Å². The van der Waals surface area contributed by atoms with E-state index in [2.05, 4.69) is 4.90 Å². The lowest BCUT2D eigenvalue weighted by Crippen LogP contribution is -2.42. The first-order chi connectivity index (χ1) is 13.1. The van der Waals surface area contributed by atoms with Gasteiger partial charge in [0.05, 0.1) is 12.6 Å². The molecule has 1 aromatic carbocycles. The second-order valence-electron chi connectivity index (χ2n) is 8.31. The molecule has 2 saturated heterocycles. The average Bonchev–Trinajstić information content (AvgIpc) is 3.03. The number of carbonyl (C=O) groups excluding carboxylic acids is 1. The number of aliphatic hydroxyl groups is 1. The van der Waals surface area contributed by atoms with Crippen molar-refractivity contribution in [2.24, 2.45) is 11.8 Å². The average molecular weight is 393 g/mol. The molecule has 4 atom stereocenters. The number of likely N-dealkylation sites (tertiary alicyclic amines) is 2. The van der Waals surface area contributed by atoms with Crippen molar-refractivity contribution in [3.8, 4) is 5.75 Å². The fourth-order valence-corrected chi connectivity index (χ4v) is 5.07. The number of benzene rings is 1. The van der Waals surface area contributed by atoms with Crippen LogP contribution >= 0.6 is 11.6 Å². The Hall–Kier alpha value is -1.30. The molecule has 1 aliphatic carbocycles. The highest BCUT2D eigenvalue weighted by Crippen LogP contribution is 2.38. The Balaban J connectivity index is 1.32. The van der Waals surface area contributed by atoms with Crippen molar-refractivity contribution >= 4 is 17.5 Å². The molecule has 1 N–H and O–H groups in total. The Morgan fingerprint density at radius 2 is 1.89 bits per heavy atom. The van der Waals surface area contributed by atoms with Gasteiger partial charge in [-0.1, -0.05) is 17.7 Å². The normalized spacial score (nSPS) is 31.6. The maximum atomic E-state index is 12.6. The molecule has 2 aliphatic heterocycles. The summed E-state index contributed by atoms with van der Waals surface area (Å²) in [5.41, 5.74) is 0. The van der Waals surface area contributed by atoms with Gasteiger partial charge in [0.25, 0.3) is 0 Å². The lowest BCUT2D eigenvalue weighted by atomic mass is 9.78. The molecule has 6 heteroatoms. The van der Waals surface area contributed by atoms with Crippen molar-refractivity contribution in [2.75, 3.05) is 32.7 Å². The van der Waals surface area contributed by atoms with E-state index in [0.29, 0.717) is 29.2 Å². The molecule has 5 nitrogen and oxygen atoms in total. The summed E-state index contributed by atoms with van der Waals surface area (Å²) >= 11 is 6.03. The standard InChI is InChI=1S/C21H29ClN2O3/c22-17-5-4-6-18(11-17)27-20-10-16-13-23(12-15(16)9-19(20)25)14-21(26)24-7-2-1-3-8-24/h4-6,11,15-16,19-20,25H,1-3,7-10,12-14H2/t15-,16+,19+,20+/m0/s1. The van der Waals surface area contributed by atoms with Gasteiger partial charge >= 0.3 is 0 Å². The van der Waals surface area contributed by atoms with Gasteiger partial charge in [-0.2, -0.15) is 0 Å². The Morgan fingerprint density at radius 3 is 2.63 bits per heavy atom. The largest absolute Gasteiger partial charge is 0.488 e. The zero-order valence-electron chi connectivity index (χ0n) is 15.7. The molecule has 1 amide bonds. The quantitative estimate of drug-likeness (QED) is 0.856. The van der Waals surface area contributed by atoms with Crippen LogP contribution in [0.1, 0.15) is 32.1 Å². The van der Waals surface area contributed by atoms with Gasteiger partial charge in [0, 0.05) is 31.2 Å². The first-order valence-corrected chi connectivity index (χ1v) is 10.6. The summed E-state index contributed by atoms with van der Waals surface area (Å²) in [4.78, 5) is 16.9. The number of fused-ring (bicyclic) bond motifs is 1. The lowest BCUT2D eigenvalue weighted by Gasteiger charge is -2.35. The lowest BCUT2D eigenvalue weighted by molar-refractivity contribution is -0.133. The molecule has 0 unspecified atom stereocenters. The van der Waals surface area contributed by atoms with E-state index in [1.54, 1.807) is 6.07 Å². The van der Waals surface area contributed by atoms with Crippen LogP contribution in [0.15, 0.2) is 24.3 Å². The summed E-state index contributed by atoms with van der Waals surface area (Å²) in [6.07, 6.45) is 4.39. The summed E-state index contributed by atoms with van der Waals surface area (Å²) in [7, 11) is 0. The highest BCUT2D eigenvalue weighted by molar-refractivity contribution is 6.30. The van der Waals surface area contributed by atoms with Crippen molar-refractivity contribution in [3.05, 3.63) is 29.3 Å². The van der Waals surface area contributed by atoms with Crippen LogP contribution in [0, 0.1) is 11.8 Å². The Morgan fingerprint density at radius 1 is 1.15 bits per heavy atom. The van der Waals surface area contributed by atoms with Crippen LogP contribution in [0.4, 0.5) is 0 Å². The van der Waals surface area contributed by atoms with E-state index in [4.69, 9.17) is 16.3 Å². The number of hydrogen-bond donors (Lipinski definition) is 1. The van der Waals surface area contributed by atoms with Gasteiger partial charge in [-0.25, -0.2) is 0 Å². The van der Waals surface area contributed by atoms with Gasteiger partial charge in [0.1, 0.15) is 11.9 Å². The molecule has 3 fully saturated rings. The number of nitrogens with zero attached hydrogens (tertiary/aromatic N) is 2. The fourth-order valence-electron chi connectivity index (χ4n) is 4.89. The number of ether oxygens (including phenoxy) is 1. The highest BCUT2D eigenvalue weighted by Gasteiger charge is 2.43. The predicted octanol–water partition coefficient (Wildman–Crippen LogP) is 2.80. The number of piperidine rings is 1. The highest BCUT2D eigenvalue weighted by atomic mass is 35.5. The van der Waals surface area contributed by atoms with Crippen LogP contribution in [0.5, 0.6) is 5.75 Å². The second-order valence-corrected chi connectivity index (χ2v) is 8.74. The van der Waals surface area contributed by atoms with Crippen molar-refractivity contribution in [1.29, 1.82) is 0 Å². The minimum absolute atomic E-state index is 0.206. The monoisotopic (exact) mass is 392 g/mol. The molecule has 0 bridgehead atoms. The Bertz CT molecular complexity index is 665. The van der Waals surface area contributed by atoms with E-state index in [-0.39, 0.29) is 12.0 Å². The first-order valence-electron chi connectivity index (χ1n) is 10.2. The summed E-state index contributed by atoms with van der Waals surface area (Å²) in [5.74, 6) is 1.90. The summed E-state index contributed by atoms with van der Waals surface area (Å²) in [6, 6.07) is 7.34. The molecular weight excluding hydrogens is 364 g/mol. The fraction of sp³-hybridized carbons (Fsp3) is 0.667. The molecule has 0 spiro atoms. The number of amides is 1. The molecule has 3 aliphatic rings. The van der Waals surface area contributed by atoms with Gasteiger partial charge in [-0.05, 0) is 62.1 Å². The van der Waals surface area contributed by atoms with Crippen molar-refractivity contribution in [1.82, 2.24) is 9.80 Å². The third-order valence-electron chi connectivity index (χ3n) is 6.31. The van der Waals surface area contributed by atoms with Gasteiger partial charge < -0.3 is 14.7 Å². The molecule has 1 aromatic rings. The first kappa shape index (κ1) is 19.0. The van der Waals surface area contributed by atoms with E-state index < -0.39 is 6.10 Å². The maximum Gasteiger partial charge on any atom is 0.236 e. The van der Waals surface area contributed by atoms with Gasteiger partial charge in [0.2, 0.25) is 5.91 Å². The van der Waals surface area contributed by atoms with Crippen LogP contribution < -0.4 is 4.74 Å². The molecule has 0 aromatic heterocycles.